The van der Waals surface area contributed by atoms with Gasteiger partial charge in [0.25, 0.3) is 0 Å². The van der Waals surface area contributed by atoms with Gasteiger partial charge in [-0.2, -0.15) is 5.10 Å². The number of aliphatic hydroxyl groups excluding tert-OH is 1. The van der Waals surface area contributed by atoms with Gasteiger partial charge in [0.05, 0.1) is 0 Å². The van der Waals surface area contributed by atoms with E-state index in [1.807, 2.05) is 4.57 Å². The van der Waals surface area contributed by atoms with Gasteiger partial charge in [0.1, 0.15) is 6.61 Å². The fourth-order valence-corrected chi connectivity index (χ4v) is 2.51. The molecule has 0 amide bonds. The molecule has 0 radical (unpaired) electrons. The second kappa shape index (κ2) is 4.90. The van der Waals surface area contributed by atoms with E-state index in [-0.39, 0.29) is 6.61 Å². The number of nitrogens with zero attached hydrogens (tertiary/aromatic N) is 2. The number of rotatable bonds is 3. The van der Waals surface area contributed by atoms with Gasteiger partial charge in [0.2, 0.25) is 0 Å². The predicted octanol–water partition coefficient (Wildman–Crippen LogP) is 2.01. The summed E-state index contributed by atoms with van der Waals surface area (Å²) < 4.78 is 2.57. The normalized spacial score (nSPS) is 18.2. The summed E-state index contributed by atoms with van der Waals surface area (Å²) in [6.45, 7) is 0.866. The lowest BCUT2D eigenvalue weighted by Gasteiger charge is -2.22. The summed E-state index contributed by atoms with van der Waals surface area (Å²) in [5.74, 6) is 1.36. The summed E-state index contributed by atoms with van der Waals surface area (Å²) in [6, 6.07) is 0. The summed E-state index contributed by atoms with van der Waals surface area (Å²) in [4.78, 5) is 0. The lowest BCUT2D eigenvalue weighted by molar-refractivity contribution is 0.253. The Kier molecular flexibility index (Phi) is 3.53. The van der Waals surface area contributed by atoms with Crippen molar-refractivity contribution in [3.8, 4) is 0 Å². The first-order valence-electron chi connectivity index (χ1n) is 5.56. The molecule has 0 spiro atoms. The number of H-pyrrole nitrogens is 1. The lowest BCUT2D eigenvalue weighted by atomic mass is 9.89. The minimum absolute atomic E-state index is 0.0418. The second-order valence-corrected chi connectivity index (χ2v) is 4.60. The lowest BCUT2D eigenvalue weighted by Crippen LogP contribution is -2.16. The first-order chi connectivity index (χ1) is 7.31. The van der Waals surface area contributed by atoms with E-state index in [0.717, 1.165) is 6.54 Å². The minimum atomic E-state index is -0.0418. The maximum absolute atomic E-state index is 9.11. The zero-order chi connectivity index (χ0) is 10.7. The van der Waals surface area contributed by atoms with Crippen LogP contribution < -0.4 is 0 Å². The quantitative estimate of drug-likeness (QED) is 0.777. The average molecular weight is 227 g/mol. The Labute approximate surface area is 94.3 Å². The van der Waals surface area contributed by atoms with Crippen LogP contribution >= 0.6 is 12.2 Å². The molecule has 1 aromatic heterocycles. The summed E-state index contributed by atoms with van der Waals surface area (Å²) in [5, 5.41) is 15.8. The molecule has 4 nitrogen and oxygen atoms in total. The van der Waals surface area contributed by atoms with Crippen LogP contribution in [0.5, 0.6) is 0 Å². The molecule has 1 aromatic rings. The van der Waals surface area contributed by atoms with Gasteiger partial charge in [-0.25, -0.2) is 0 Å². The number of aromatic amines is 1. The standard InChI is InChI=1S/C10H17N3OS/c14-7-9-11-12-10(15)13(9)6-8-4-2-1-3-5-8/h8,14H,1-7H2,(H,12,15). The molecule has 2 rings (SSSR count). The Bertz CT molecular complexity index is 365. The van der Waals surface area contributed by atoms with Crippen molar-refractivity contribution in [1.82, 2.24) is 14.8 Å². The Morgan fingerprint density at radius 2 is 2.13 bits per heavy atom. The molecular formula is C10H17N3OS. The third-order valence-corrected chi connectivity index (χ3v) is 3.46. The third kappa shape index (κ3) is 2.46. The van der Waals surface area contributed by atoms with Gasteiger partial charge in [0.15, 0.2) is 10.6 Å². The van der Waals surface area contributed by atoms with Crippen molar-refractivity contribution >= 4 is 12.2 Å². The highest BCUT2D eigenvalue weighted by Crippen LogP contribution is 2.25. The van der Waals surface area contributed by atoms with Crippen LogP contribution in [-0.2, 0) is 13.2 Å². The van der Waals surface area contributed by atoms with Crippen LogP contribution in [0, 0.1) is 10.7 Å². The van der Waals surface area contributed by atoms with Crippen LogP contribution in [0.3, 0.4) is 0 Å². The van der Waals surface area contributed by atoms with Crippen molar-refractivity contribution in [2.24, 2.45) is 5.92 Å². The van der Waals surface area contributed by atoms with E-state index in [1.54, 1.807) is 0 Å². The van der Waals surface area contributed by atoms with Crippen LogP contribution in [0.15, 0.2) is 0 Å². The monoisotopic (exact) mass is 227 g/mol. The van der Waals surface area contributed by atoms with Gasteiger partial charge in [0, 0.05) is 6.54 Å². The zero-order valence-electron chi connectivity index (χ0n) is 8.78. The zero-order valence-corrected chi connectivity index (χ0v) is 9.59. The van der Waals surface area contributed by atoms with E-state index in [4.69, 9.17) is 17.3 Å². The van der Waals surface area contributed by atoms with Crippen molar-refractivity contribution in [3.63, 3.8) is 0 Å². The molecule has 15 heavy (non-hydrogen) atoms. The van der Waals surface area contributed by atoms with Crippen LogP contribution in [0.2, 0.25) is 0 Å². The highest BCUT2D eigenvalue weighted by atomic mass is 32.1. The molecule has 2 N–H and O–H groups in total. The Balaban J connectivity index is 2.08. The fourth-order valence-electron chi connectivity index (χ4n) is 2.29. The van der Waals surface area contributed by atoms with E-state index in [1.165, 1.54) is 32.1 Å². The van der Waals surface area contributed by atoms with E-state index >= 15 is 0 Å². The van der Waals surface area contributed by atoms with Gasteiger partial charge in [-0.15, -0.1) is 0 Å². The van der Waals surface area contributed by atoms with Gasteiger partial charge >= 0.3 is 0 Å². The van der Waals surface area contributed by atoms with Crippen molar-refractivity contribution in [2.45, 2.75) is 45.3 Å². The van der Waals surface area contributed by atoms with Gasteiger partial charge in [-0.3, -0.25) is 5.10 Å². The summed E-state index contributed by atoms with van der Waals surface area (Å²) in [7, 11) is 0. The Hall–Kier alpha value is -0.680. The summed E-state index contributed by atoms with van der Waals surface area (Å²) >= 11 is 5.14. The molecule has 0 atom stereocenters. The first kappa shape index (κ1) is 10.8. The number of aliphatic hydroxyl groups is 1. The Morgan fingerprint density at radius 1 is 1.40 bits per heavy atom. The number of hydrogen-bond acceptors (Lipinski definition) is 3. The highest BCUT2D eigenvalue weighted by Gasteiger charge is 2.16. The molecule has 0 aromatic carbocycles. The van der Waals surface area contributed by atoms with Crippen LogP contribution in [-0.4, -0.2) is 19.9 Å². The third-order valence-electron chi connectivity index (χ3n) is 3.14. The smallest absolute Gasteiger partial charge is 0.195 e. The summed E-state index contributed by atoms with van der Waals surface area (Å²) in [6.07, 6.45) is 6.56. The van der Waals surface area contributed by atoms with Crippen LogP contribution in [0.1, 0.15) is 37.9 Å². The van der Waals surface area contributed by atoms with E-state index < -0.39 is 0 Å². The predicted molar refractivity (Wildman–Crippen MR) is 59.9 cm³/mol. The topological polar surface area (TPSA) is 53.8 Å². The molecule has 0 saturated heterocycles. The first-order valence-corrected chi connectivity index (χ1v) is 5.97. The van der Waals surface area contributed by atoms with E-state index in [2.05, 4.69) is 10.2 Å². The van der Waals surface area contributed by atoms with Crippen LogP contribution in [0.4, 0.5) is 0 Å². The van der Waals surface area contributed by atoms with Crippen molar-refractivity contribution in [3.05, 3.63) is 10.6 Å². The van der Waals surface area contributed by atoms with Crippen molar-refractivity contribution in [1.29, 1.82) is 0 Å². The van der Waals surface area contributed by atoms with Crippen molar-refractivity contribution < 1.29 is 5.11 Å². The summed E-state index contributed by atoms with van der Waals surface area (Å²) in [5.41, 5.74) is 0. The number of aromatic nitrogens is 3. The molecule has 0 bridgehead atoms. The molecule has 1 saturated carbocycles. The molecular weight excluding hydrogens is 210 g/mol. The van der Waals surface area contributed by atoms with Crippen LogP contribution in [0.25, 0.3) is 0 Å². The highest BCUT2D eigenvalue weighted by molar-refractivity contribution is 7.71. The average Bonchev–Trinajstić information content (AvgIpc) is 2.62. The number of nitrogens with one attached hydrogen (secondary N) is 1. The molecule has 1 fully saturated rings. The van der Waals surface area contributed by atoms with Gasteiger partial charge < -0.3 is 9.67 Å². The Morgan fingerprint density at radius 3 is 2.80 bits per heavy atom. The largest absolute Gasteiger partial charge is 0.388 e. The van der Waals surface area contributed by atoms with E-state index in [9.17, 15) is 0 Å². The number of hydrogen-bond donors (Lipinski definition) is 2. The molecule has 0 aliphatic heterocycles. The molecule has 1 heterocycles. The fraction of sp³-hybridized carbons (Fsp3) is 0.800. The van der Waals surface area contributed by atoms with Crippen molar-refractivity contribution in [2.75, 3.05) is 0 Å². The van der Waals surface area contributed by atoms with Gasteiger partial charge in [-0.1, -0.05) is 19.3 Å². The maximum atomic E-state index is 9.11. The SMILES string of the molecule is OCc1n[nH]c(=S)n1CC1CCCCC1. The molecule has 1 aliphatic carbocycles. The van der Waals surface area contributed by atoms with E-state index in [0.29, 0.717) is 16.5 Å². The maximum Gasteiger partial charge on any atom is 0.195 e. The molecule has 0 unspecified atom stereocenters. The molecule has 84 valence electrons. The molecule has 5 heteroatoms. The van der Waals surface area contributed by atoms with Gasteiger partial charge in [-0.05, 0) is 31.0 Å². The minimum Gasteiger partial charge on any atom is -0.388 e. The molecule has 1 aliphatic rings. The second-order valence-electron chi connectivity index (χ2n) is 4.22.